The fraction of sp³-hybridized carbons (Fsp3) is 0. The molecule has 0 amide bonds. The molecule has 0 aliphatic rings. The molecule has 11 rings (SSSR count). The number of nitrogens with zero attached hydrogens (tertiary/aromatic N) is 1. The van der Waals surface area contributed by atoms with Crippen LogP contribution in [0.2, 0.25) is 0 Å². The van der Waals surface area contributed by atoms with Crippen LogP contribution in [0.25, 0.3) is 88.3 Å². The average molecular weight is 766 g/mol. The minimum absolute atomic E-state index is 0.896. The summed E-state index contributed by atoms with van der Waals surface area (Å²) in [6.07, 6.45) is 0. The maximum Gasteiger partial charge on any atom is 0.136 e. The van der Waals surface area contributed by atoms with Crippen molar-refractivity contribution in [2.75, 3.05) is 4.90 Å². The van der Waals surface area contributed by atoms with E-state index in [1.54, 1.807) is 0 Å². The Labute approximate surface area is 349 Å². The van der Waals surface area contributed by atoms with Crippen molar-refractivity contribution in [3.63, 3.8) is 0 Å². The van der Waals surface area contributed by atoms with E-state index in [-0.39, 0.29) is 0 Å². The van der Waals surface area contributed by atoms with E-state index in [0.29, 0.717) is 0 Å². The van der Waals surface area contributed by atoms with Gasteiger partial charge in [0.2, 0.25) is 0 Å². The van der Waals surface area contributed by atoms with Crippen LogP contribution in [0.3, 0.4) is 0 Å². The van der Waals surface area contributed by atoms with Crippen molar-refractivity contribution in [2.24, 2.45) is 0 Å². The number of hydrogen-bond acceptors (Lipinski definition) is 2. The summed E-state index contributed by atoms with van der Waals surface area (Å²) in [4.78, 5) is 2.39. The molecule has 0 unspecified atom stereocenters. The SMILES string of the molecule is c1ccc(-c2ccc(-c3ccccc3N(c3ccc(-c4ccc5c(c4)oc4ccccc45)cc3)c3cccc(-c4cccc(-c5cccc6ccccc56)c4)c3)cc2)cc1. The van der Waals surface area contributed by atoms with E-state index in [0.717, 1.165) is 66.8 Å². The summed E-state index contributed by atoms with van der Waals surface area (Å²) >= 11 is 0. The lowest BCUT2D eigenvalue weighted by atomic mass is 9.95. The molecular formula is C58H39NO. The van der Waals surface area contributed by atoms with Gasteiger partial charge in [0, 0.05) is 27.7 Å². The molecule has 0 fully saturated rings. The molecule has 0 aliphatic carbocycles. The van der Waals surface area contributed by atoms with Gasteiger partial charge in [-0.25, -0.2) is 0 Å². The average Bonchev–Trinajstić information content (AvgIpc) is 3.70. The molecular weight excluding hydrogens is 727 g/mol. The molecule has 11 aromatic rings. The Morgan fingerprint density at radius 3 is 1.67 bits per heavy atom. The summed E-state index contributed by atoms with van der Waals surface area (Å²) in [6.45, 7) is 0. The van der Waals surface area contributed by atoms with Gasteiger partial charge in [-0.05, 0) is 115 Å². The molecule has 0 N–H and O–H groups in total. The molecule has 0 spiro atoms. The molecule has 0 saturated heterocycles. The van der Waals surface area contributed by atoms with Gasteiger partial charge in [0.15, 0.2) is 0 Å². The third kappa shape index (κ3) is 6.51. The van der Waals surface area contributed by atoms with Gasteiger partial charge in [-0.2, -0.15) is 0 Å². The van der Waals surface area contributed by atoms with Gasteiger partial charge in [-0.3, -0.25) is 0 Å². The molecule has 2 heteroatoms. The highest BCUT2D eigenvalue weighted by Crippen LogP contribution is 2.43. The van der Waals surface area contributed by atoms with Crippen molar-refractivity contribution in [3.8, 4) is 55.6 Å². The predicted molar refractivity (Wildman–Crippen MR) is 253 cm³/mol. The Morgan fingerprint density at radius 1 is 0.267 bits per heavy atom. The lowest BCUT2D eigenvalue weighted by molar-refractivity contribution is 0.669. The topological polar surface area (TPSA) is 16.4 Å². The van der Waals surface area contributed by atoms with E-state index in [2.05, 4.69) is 229 Å². The first-order chi connectivity index (χ1) is 29.7. The Morgan fingerprint density at radius 2 is 0.800 bits per heavy atom. The van der Waals surface area contributed by atoms with E-state index in [1.807, 2.05) is 12.1 Å². The Bertz CT molecular complexity index is 3300. The normalized spacial score (nSPS) is 11.3. The van der Waals surface area contributed by atoms with Gasteiger partial charge in [0.25, 0.3) is 0 Å². The first-order valence-corrected chi connectivity index (χ1v) is 20.5. The molecule has 282 valence electrons. The zero-order valence-electron chi connectivity index (χ0n) is 32.9. The molecule has 1 heterocycles. The zero-order chi connectivity index (χ0) is 39.8. The third-order valence-corrected chi connectivity index (χ3v) is 11.7. The van der Waals surface area contributed by atoms with Crippen molar-refractivity contribution in [3.05, 3.63) is 237 Å². The van der Waals surface area contributed by atoms with E-state index in [4.69, 9.17) is 4.42 Å². The number of para-hydroxylation sites is 2. The van der Waals surface area contributed by atoms with E-state index >= 15 is 0 Å². The molecule has 0 bridgehead atoms. The van der Waals surface area contributed by atoms with Crippen molar-refractivity contribution < 1.29 is 4.42 Å². The lowest BCUT2D eigenvalue weighted by Crippen LogP contribution is -2.11. The zero-order valence-corrected chi connectivity index (χ0v) is 32.9. The van der Waals surface area contributed by atoms with Gasteiger partial charge < -0.3 is 9.32 Å². The Kier molecular flexibility index (Phi) is 8.87. The Balaban J connectivity index is 1.01. The predicted octanol–water partition coefficient (Wildman–Crippen LogP) is 16.5. The van der Waals surface area contributed by atoms with Gasteiger partial charge in [0.05, 0.1) is 5.69 Å². The van der Waals surface area contributed by atoms with Gasteiger partial charge >= 0.3 is 0 Å². The highest BCUT2D eigenvalue weighted by atomic mass is 16.3. The van der Waals surface area contributed by atoms with Crippen molar-refractivity contribution in [1.29, 1.82) is 0 Å². The van der Waals surface area contributed by atoms with Crippen molar-refractivity contribution in [1.82, 2.24) is 0 Å². The quantitative estimate of drug-likeness (QED) is 0.153. The highest BCUT2D eigenvalue weighted by molar-refractivity contribution is 6.06. The number of furan rings is 1. The van der Waals surface area contributed by atoms with Crippen LogP contribution in [0.5, 0.6) is 0 Å². The summed E-state index contributed by atoms with van der Waals surface area (Å²) in [5.74, 6) is 0. The first kappa shape index (κ1) is 35.2. The lowest BCUT2D eigenvalue weighted by Gasteiger charge is -2.28. The summed E-state index contributed by atoms with van der Waals surface area (Å²) < 4.78 is 6.27. The van der Waals surface area contributed by atoms with E-state index < -0.39 is 0 Å². The summed E-state index contributed by atoms with van der Waals surface area (Å²) in [7, 11) is 0. The first-order valence-electron chi connectivity index (χ1n) is 20.5. The molecule has 1 aromatic heterocycles. The van der Waals surface area contributed by atoms with E-state index in [9.17, 15) is 0 Å². The van der Waals surface area contributed by atoms with Crippen molar-refractivity contribution in [2.45, 2.75) is 0 Å². The number of rotatable bonds is 8. The smallest absolute Gasteiger partial charge is 0.136 e. The minimum atomic E-state index is 0.896. The standard InChI is InChI=1S/C58H39NO/c1-2-13-40(14-3-1)41-27-29-44(30-28-41)53-22-6-8-25-56(53)59(49-34-31-42(32-35-49)47-33-36-55-54-23-7-9-26-57(54)60-58(55)39-47)50-20-11-18-46(38-50)45-17-10-19-48(37-45)52-24-12-16-43-15-4-5-21-51(43)52/h1-39H. The van der Waals surface area contributed by atoms with Gasteiger partial charge in [0.1, 0.15) is 11.2 Å². The number of hydrogen-bond donors (Lipinski definition) is 0. The fourth-order valence-electron chi connectivity index (χ4n) is 8.69. The second-order valence-corrected chi connectivity index (χ2v) is 15.3. The van der Waals surface area contributed by atoms with Crippen LogP contribution in [0.15, 0.2) is 241 Å². The third-order valence-electron chi connectivity index (χ3n) is 11.7. The van der Waals surface area contributed by atoms with Crippen LogP contribution >= 0.6 is 0 Å². The summed E-state index contributed by atoms with van der Waals surface area (Å²) in [5, 5.41) is 4.77. The van der Waals surface area contributed by atoms with Crippen LogP contribution in [-0.4, -0.2) is 0 Å². The molecule has 0 saturated carbocycles. The molecule has 0 aliphatic heterocycles. The summed E-state index contributed by atoms with van der Waals surface area (Å²) in [5.41, 5.74) is 16.8. The Hall–Kier alpha value is -7.94. The molecule has 0 radical (unpaired) electrons. The van der Waals surface area contributed by atoms with Crippen LogP contribution in [-0.2, 0) is 0 Å². The monoisotopic (exact) mass is 765 g/mol. The number of anilines is 3. The second kappa shape index (κ2) is 15.1. The largest absolute Gasteiger partial charge is 0.456 e. The van der Waals surface area contributed by atoms with E-state index in [1.165, 1.54) is 38.6 Å². The summed E-state index contributed by atoms with van der Waals surface area (Å²) in [6, 6.07) is 85.0. The van der Waals surface area contributed by atoms with Crippen LogP contribution in [0, 0.1) is 0 Å². The molecule has 0 atom stereocenters. The van der Waals surface area contributed by atoms with Crippen LogP contribution < -0.4 is 4.90 Å². The van der Waals surface area contributed by atoms with Crippen LogP contribution in [0.1, 0.15) is 0 Å². The van der Waals surface area contributed by atoms with Gasteiger partial charge in [-0.15, -0.1) is 0 Å². The number of fused-ring (bicyclic) bond motifs is 4. The van der Waals surface area contributed by atoms with Gasteiger partial charge in [-0.1, -0.05) is 182 Å². The fourth-order valence-corrected chi connectivity index (χ4v) is 8.69. The molecule has 10 aromatic carbocycles. The molecule has 2 nitrogen and oxygen atoms in total. The minimum Gasteiger partial charge on any atom is -0.456 e. The second-order valence-electron chi connectivity index (χ2n) is 15.3. The molecule has 60 heavy (non-hydrogen) atoms. The maximum absolute atomic E-state index is 6.27. The van der Waals surface area contributed by atoms with Crippen LogP contribution in [0.4, 0.5) is 17.1 Å². The maximum atomic E-state index is 6.27. The number of benzene rings is 10. The highest BCUT2D eigenvalue weighted by Gasteiger charge is 2.19. The van der Waals surface area contributed by atoms with Crippen molar-refractivity contribution >= 4 is 49.8 Å².